The molecule has 0 saturated carbocycles. The zero-order chi connectivity index (χ0) is 32.7. The van der Waals surface area contributed by atoms with Crippen LogP contribution in [0.15, 0.2) is 72.4 Å². The van der Waals surface area contributed by atoms with Crippen molar-refractivity contribution in [3.63, 3.8) is 0 Å². The van der Waals surface area contributed by atoms with Gasteiger partial charge in [-0.1, -0.05) is 71.2 Å². The second kappa shape index (κ2) is 12.4. The molecule has 9 heteroatoms. The van der Waals surface area contributed by atoms with Crippen molar-refractivity contribution in [3.05, 3.63) is 101 Å². The van der Waals surface area contributed by atoms with Gasteiger partial charge < -0.3 is 9.80 Å². The van der Waals surface area contributed by atoms with Gasteiger partial charge in [-0.3, -0.25) is 14.3 Å². The van der Waals surface area contributed by atoms with Crippen molar-refractivity contribution in [1.29, 1.82) is 0 Å². The number of fused-ring (bicyclic) bond motifs is 1. The average molecular weight is 612 g/mol. The molecule has 1 aliphatic heterocycles. The molecule has 1 aliphatic rings. The van der Waals surface area contributed by atoms with Gasteiger partial charge in [0.05, 0.1) is 16.9 Å². The number of carbonyl (C=O) groups is 1. The molecular formula is C36H39F2N5O2. The number of pyridine rings is 1. The number of benzene rings is 2. The number of amides is 1. The second-order valence-corrected chi connectivity index (χ2v) is 12.4. The summed E-state index contributed by atoms with van der Waals surface area (Å²) in [6, 6.07) is 11.7. The third-order valence-electron chi connectivity index (χ3n) is 8.49. The van der Waals surface area contributed by atoms with E-state index in [2.05, 4.69) is 37.0 Å². The number of hydrogen-bond donors (Lipinski definition) is 0. The van der Waals surface area contributed by atoms with Crippen LogP contribution in [0.1, 0.15) is 70.2 Å². The Hall–Kier alpha value is -4.66. The highest BCUT2D eigenvalue weighted by atomic mass is 19.1. The number of anilines is 1. The highest BCUT2D eigenvalue weighted by molar-refractivity contribution is 5.95. The van der Waals surface area contributed by atoms with Crippen molar-refractivity contribution in [1.82, 2.24) is 19.4 Å². The largest absolute Gasteiger partial charge is 0.354 e. The van der Waals surface area contributed by atoms with Crippen LogP contribution in [0.2, 0.25) is 0 Å². The van der Waals surface area contributed by atoms with Crippen molar-refractivity contribution < 1.29 is 13.6 Å². The smallest absolute Gasteiger partial charge is 0.347 e. The summed E-state index contributed by atoms with van der Waals surface area (Å²) in [5.41, 5.74) is 3.96. The minimum atomic E-state index is -1.03. The number of hydrogen-bond acceptors (Lipinski definition) is 5. The van der Waals surface area contributed by atoms with Crippen LogP contribution in [0.25, 0.3) is 33.8 Å². The van der Waals surface area contributed by atoms with Gasteiger partial charge in [-0.15, -0.1) is 0 Å². The van der Waals surface area contributed by atoms with E-state index in [0.29, 0.717) is 33.5 Å². The summed E-state index contributed by atoms with van der Waals surface area (Å²) in [6.45, 7) is 19.3. The van der Waals surface area contributed by atoms with Gasteiger partial charge in [-0.05, 0) is 60.6 Å². The molecule has 0 unspecified atom stereocenters. The number of aromatic nitrogens is 3. The fourth-order valence-electron chi connectivity index (χ4n) is 6.46. The summed E-state index contributed by atoms with van der Waals surface area (Å²) in [5.74, 6) is -1.93. The predicted octanol–water partition coefficient (Wildman–Crippen LogP) is 7.39. The molecule has 0 bridgehead atoms. The van der Waals surface area contributed by atoms with E-state index in [9.17, 15) is 14.0 Å². The van der Waals surface area contributed by atoms with Gasteiger partial charge in [0.1, 0.15) is 11.6 Å². The first-order valence-corrected chi connectivity index (χ1v) is 15.2. The lowest BCUT2D eigenvalue weighted by atomic mass is 9.95. The molecule has 1 saturated heterocycles. The van der Waals surface area contributed by atoms with Crippen LogP contribution in [0.4, 0.5) is 14.6 Å². The van der Waals surface area contributed by atoms with Crippen LogP contribution < -0.4 is 10.6 Å². The van der Waals surface area contributed by atoms with Gasteiger partial charge in [0.25, 0.3) is 5.91 Å². The Morgan fingerprint density at radius 3 is 2.29 bits per heavy atom. The van der Waals surface area contributed by atoms with Crippen LogP contribution in [0.3, 0.4) is 0 Å². The highest BCUT2D eigenvalue weighted by Crippen LogP contribution is 2.38. The molecule has 2 aromatic carbocycles. The van der Waals surface area contributed by atoms with E-state index >= 15 is 4.39 Å². The topological polar surface area (TPSA) is 71.3 Å². The molecule has 4 aromatic rings. The zero-order valence-corrected chi connectivity index (χ0v) is 26.6. The maximum absolute atomic E-state index is 16.3. The molecule has 0 N–H and O–H groups in total. The summed E-state index contributed by atoms with van der Waals surface area (Å²) < 4.78 is 31.6. The highest BCUT2D eigenvalue weighted by Gasteiger charge is 2.35. The molecule has 1 amide bonds. The minimum absolute atomic E-state index is 0.0161. The van der Waals surface area contributed by atoms with Crippen LogP contribution in [0, 0.1) is 5.82 Å². The third-order valence-corrected chi connectivity index (χ3v) is 8.49. The quantitative estimate of drug-likeness (QED) is 0.204. The molecular weight excluding hydrogens is 572 g/mol. The maximum Gasteiger partial charge on any atom is 0.354 e. The average Bonchev–Trinajstić information content (AvgIpc) is 2.99. The number of nitrogens with zero attached hydrogens (tertiary/aromatic N) is 5. The van der Waals surface area contributed by atoms with Gasteiger partial charge in [-0.25, -0.2) is 13.6 Å². The van der Waals surface area contributed by atoms with E-state index in [0.717, 1.165) is 16.8 Å². The van der Waals surface area contributed by atoms with Gasteiger partial charge in [0.15, 0.2) is 5.83 Å². The maximum atomic E-state index is 16.3. The Bertz CT molecular complexity index is 1840. The molecule has 2 atom stereocenters. The Morgan fingerprint density at radius 2 is 1.69 bits per heavy atom. The molecule has 5 rings (SSSR count). The van der Waals surface area contributed by atoms with Gasteiger partial charge >= 0.3 is 5.69 Å². The first kappa shape index (κ1) is 31.8. The van der Waals surface area contributed by atoms with Gasteiger partial charge in [0.2, 0.25) is 0 Å². The molecule has 234 valence electrons. The summed E-state index contributed by atoms with van der Waals surface area (Å²) >= 11 is 0. The van der Waals surface area contributed by atoms with Crippen LogP contribution >= 0.6 is 0 Å². The Labute approximate surface area is 262 Å². The fraction of sp³-hybridized carbons (Fsp3) is 0.333. The molecule has 7 nitrogen and oxygen atoms in total. The molecule has 0 radical (unpaired) electrons. The van der Waals surface area contributed by atoms with Gasteiger partial charge in [-0.2, -0.15) is 4.98 Å². The number of halogens is 2. The number of piperazine rings is 1. The van der Waals surface area contributed by atoms with Crippen molar-refractivity contribution in [2.24, 2.45) is 0 Å². The lowest BCUT2D eigenvalue weighted by molar-refractivity contribution is -0.129. The lowest BCUT2D eigenvalue weighted by Gasteiger charge is -2.45. The van der Waals surface area contributed by atoms with E-state index in [-0.39, 0.29) is 37.0 Å². The van der Waals surface area contributed by atoms with Crippen LogP contribution in [-0.4, -0.2) is 50.5 Å². The fourth-order valence-corrected chi connectivity index (χ4v) is 6.46. The monoisotopic (exact) mass is 611 g/mol. The molecule has 2 aromatic heterocycles. The molecule has 1 fully saturated rings. The third kappa shape index (κ3) is 5.67. The first-order valence-electron chi connectivity index (χ1n) is 15.2. The predicted molar refractivity (Wildman–Crippen MR) is 177 cm³/mol. The van der Waals surface area contributed by atoms with E-state index in [4.69, 9.17) is 0 Å². The normalized spacial score (nSPS) is 16.9. The number of rotatable bonds is 7. The molecule has 45 heavy (non-hydrogen) atoms. The lowest BCUT2D eigenvalue weighted by Crippen LogP contribution is -2.59. The minimum Gasteiger partial charge on any atom is -0.347 e. The molecule has 3 heterocycles. The van der Waals surface area contributed by atoms with E-state index in [1.54, 1.807) is 22.9 Å². The van der Waals surface area contributed by atoms with Crippen molar-refractivity contribution in [2.45, 2.75) is 65.5 Å². The van der Waals surface area contributed by atoms with E-state index in [1.165, 1.54) is 11.0 Å². The molecule has 0 spiro atoms. The van der Waals surface area contributed by atoms with Gasteiger partial charge in [0, 0.05) is 42.3 Å². The van der Waals surface area contributed by atoms with Crippen LogP contribution in [0.5, 0.6) is 0 Å². The summed E-state index contributed by atoms with van der Waals surface area (Å²) in [7, 11) is 0. The standard InChI is InChI=1S/C36H39F2N5O2/c1-9-25-12-10-11-13-27(25)28-17-31-29(16-30(28)38)34(42-22(6)18-41(19-23(42)7)35(44)24(8)37)40-36(45)43(31)33-26(20(2)3)14-15-39-32(33)21(4)5/h9-17,20-23H,1,8,18-19H2,2-7H3/t22-,23-/m0/s1. The summed E-state index contributed by atoms with van der Waals surface area (Å²) in [4.78, 5) is 39.4. The Kier molecular flexibility index (Phi) is 8.74. The molecule has 0 aliphatic carbocycles. The van der Waals surface area contributed by atoms with E-state index in [1.807, 2.05) is 62.9 Å². The van der Waals surface area contributed by atoms with Crippen molar-refractivity contribution in [3.8, 4) is 16.8 Å². The second-order valence-electron chi connectivity index (χ2n) is 12.4. The van der Waals surface area contributed by atoms with Crippen molar-refractivity contribution in [2.75, 3.05) is 18.0 Å². The summed E-state index contributed by atoms with van der Waals surface area (Å²) in [5, 5.41) is 0.438. The Balaban J connectivity index is 1.86. The zero-order valence-electron chi connectivity index (χ0n) is 26.6. The van der Waals surface area contributed by atoms with Crippen LogP contribution in [-0.2, 0) is 4.79 Å². The summed E-state index contributed by atoms with van der Waals surface area (Å²) in [6.07, 6.45) is 3.43. The first-order chi connectivity index (χ1) is 21.3. The Morgan fingerprint density at radius 1 is 1.02 bits per heavy atom. The number of carbonyl (C=O) groups excluding carboxylic acids is 1. The SMILES string of the molecule is C=Cc1ccccc1-c1cc2c(cc1F)c(N1[C@@H](C)CN(C(=O)C(=C)F)C[C@@H]1C)nc(=O)n2-c1c(C(C)C)ccnc1C(C)C. The van der Waals surface area contributed by atoms with Crippen molar-refractivity contribution >= 4 is 28.7 Å². The van der Waals surface area contributed by atoms with E-state index < -0.39 is 23.2 Å².